The lowest BCUT2D eigenvalue weighted by atomic mass is 10.3. The molecule has 0 fully saturated rings. The van der Waals surface area contributed by atoms with E-state index in [0.29, 0.717) is 12.5 Å². The van der Waals surface area contributed by atoms with Gasteiger partial charge >= 0.3 is 0 Å². The molecule has 0 aliphatic rings. The Morgan fingerprint density at radius 3 is 2.95 bits per heavy atom. The average molecular weight is 350 g/mol. The third kappa shape index (κ3) is 2.91. The smallest absolute Gasteiger partial charge is 0.213 e. The number of anilines is 2. The third-order valence-corrected chi connectivity index (χ3v) is 4.06. The molecule has 0 aliphatic heterocycles. The van der Waals surface area contributed by atoms with Crippen LogP contribution in [0.4, 0.5) is 10.8 Å². The van der Waals surface area contributed by atoms with Gasteiger partial charge in [-0.1, -0.05) is 27.3 Å². The minimum absolute atomic E-state index is 0.618. The number of pyridine rings is 1. The van der Waals surface area contributed by atoms with Gasteiger partial charge in [-0.05, 0) is 31.2 Å². The number of ether oxygens (including phenoxy) is 1. The van der Waals surface area contributed by atoms with Crippen molar-refractivity contribution in [2.75, 3.05) is 11.9 Å². The van der Waals surface area contributed by atoms with Crippen LogP contribution >= 0.6 is 27.3 Å². The fraction of sp³-hybridized carbons (Fsp3) is 0.143. The number of aromatic nitrogens is 2. The highest BCUT2D eigenvalue weighted by Gasteiger charge is 2.05. The maximum Gasteiger partial charge on any atom is 0.213 e. The zero-order valence-electron chi connectivity index (χ0n) is 10.8. The van der Waals surface area contributed by atoms with E-state index in [1.165, 1.54) is 0 Å². The van der Waals surface area contributed by atoms with E-state index in [9.17, 15) is 0 Å². The highest BCUT2D eigenvalue weighted by molar-refractivity contribution is 9.10. The molecule has 102 valence electrons. The minimum Gasteiger partial charge on any atom is -0.478 e. The largest absolute Gasteiger partial charge is 0.478 e. The first-order valence-electron chi connectivity index (χ1n) is 6.16. The van der Waals surface area contributed by atoms with E-state index in [2.05, 4.69) is 37.3 Å². The zero-order chi connectivity index (χ0) is 13.9. The second-order valence-corrected chi connectivity index (χ2v) is 6.02. The van der Waals surface area contributed by atoms with E-state index >= 15 is 0 Å². The number of hydrogen-bond acceptors (Lipinski definition) is 5. The topological polar surface area (TPSA) is 47.0 Å². The normalized spacial score (nSPS) is 10.7. The van der Waals surface area contributed by atoms with Crippen LogP contribution in [0.15, 0.2) is 41.0 Å². The number of thiazole rings is 1. The van der Waals surface area contributed by atoms with Crippen LogP contribution in [-0.2, 0) is 0 Å². The molecular weight excluding hydrogens is 338 g/mol. The number of halogens is 1. The summed E-state index contributed by atoms with van der Waals surface area (Å²) in [5.41, 5.74) is 1.88. The van der Waals surface area contributed by atoms with Crippen molar-refractivity contribution in [2.24, 2.45) is 0 Å². The molecule has 3 aromatic rings. The molecule has 0 saturated heterocycles. The summed E-state index contributed by atoms with van der Waals surface area (Å²) in [5, 5.41) is 4.11. The zero-order valence-corrected chi connectivity index (χ0v) is 13.2. The summed E-state index contributed by atoms with van der Waals surface area (Å²) < 4.78 is 7.51. The number of nitrogens with one attached hydrogen (secondary N) is 1. The Hall–Kier alpha value is -1.66. The molecule has 0 saturated carbocycles. The van der Waals surface area contributed by atoms with Gasteiger partial charge in [-0.25, -0.2) is 9.97 Å². The summed E-state index contributed by atoms with van der Waals surface area (Å²) in [4.78, 5) is 8.75. The average Bonchev–Trinajstić information content (AvgIpc) is 2.82. The SMILES string of the molecule is CCOc1ccc(Nc2nc3ccc(Br)cc3s2)cn1. The molecule has 2 aromatic heterocycles. The van der Waals surface area contributed by atoms with Gasteiger partial charge in [0.05, 0.1) is 28.7 Å². The molecule has 0 atom stereocenters. The van der Waals surface area contributed by atoms with Crippen LogP contribution < -0.4 is 10.1 Å². The second-order valence-electron chi connectivity index (χ2n) is 4.07. The molecule has 0 amide bonds. The number of hydrogen-bond donors (Lipinski definition) is 1. The van der Waals surface area contributed by atoms with Crippen LogP contribution in [0, 0.1) is 0 Å². The third-order valence-electron chi connectivity index (χ3n) is 2.63. The molecule has 0 radical (unpaired) electrons. The number of fused-ring (bicyclic) bond motifs is 1. The molecule has 1 aromatic carbocycles. The van der Waals surface area contributed by atoms with Crippen molar-refractivity contribution in [3.05, 3.63) is 41.0 Å². The van der Waals surface area contributed by atoms with Crippen molar-refractivity contribution in [2.45, 2.75) is 6.92 Å². The van der Waals surface area contributed by atoms with E-state index in [-0.39, 0.29) is 0 Å². The van der Waals surface area contributed by atoms with Crippen LogP contribution in [-0.4, -0.2) is 16.6 Å². The van der Waals surface area contributed by atoms with Gasteiger partial charge in [0, 0.05) is 10.5 Å². The van der Waals surface area contributed by atoms with Crippen molar-refractivity contribution >= 4 is 48.3 Å². The van der Waals surface area contributed by atoms with E-state index in [0.717, 1.165) is 25.5 Å². The fourth-order valence-electron chi connectivity index (χ4n) is 1.76. The molecule has 0 bridgehead atoms. The van der Waals surface area contributed by atoms with Crippen molar-refractivity contribution in [1.29, 1.82) is 0 Å². The monoisotopic (exact) mass is 349 g/mol. The quantitative estimate of drug-likeness (QED) is 0.747. The molecule has 0 unspecified atom stereocenters. The Kier molecular flexibility index (Phi) is 3.84. The molecule has 20 heavy (non-hydrogen) atoms. The van der Waals surface area contributed by atoms with Crippen molar-refractivity contribution in [3.63, 3.8) is 0 Å². The summed E-state index contributed by atoms with van der Waals surface area (Å²) in [6.07, 6.45) is 1.74. The van der Waals surface area contributed by atoms with Crippen LogP contribution in [0.3, 0.4) is 0 Å². The maximum absolute atomic E-state index is 5.32. The summed E-state index contributed by atoms with van der Waals surface area (Å²) in [7, 11) is 0. The molecule has 2 heterocycles. The van der Waals surface area contributed by atoms with Crippen LogP contribution in [0.25, 0.3) is 10.2 Å². The Bertz CT molecular complexity index is 727. The van der Waals surface area contributed by atoms with E-state index in [1.807, 2.05) is 31.2 Å². The summed E-state index contributed by atoms with van der Waals surface area (Å²) >= 11 is 5.08. The Balaban J connectivity index is 1.81. The van der Waals surface area contributed by atoms with E-state index < -0.39 is 0 Å². The lowest BCUT2D eigenvalue weighted by molar-refractivity contribution is 0.327. The van der Waals surface area contributed by atoms with Gasteiger partial charge in [0.15, 0.2) is 5.13 Å². The van der Waals surface area contributed by atoms with Crippen LogP contribution in [0.2, 0.25) is 0 Å². The van der Waals surface area contributed by atoms with Crippen molar-refractivity contribution < 1.29 is 4.74 Å². The molecule has 4 nitrogen and oxygen atoms in total. The first-order valence-corrected chi connectivity index (χ1v) is 7.77. The lowest BCUT2D eigenvalue weighted by Gasteiger charge is -2.04. The molecule has 0 aliphatic carbocycles. The lowest BCUT2D eigenvalue weighted by Crippen LogP contribution is -1.95. The predicted octanol–water partition coefficient (Wildman–Crippen LogP) is 4.60. The minimum atomic E-state index is 0.618. The van der Waals surface area contributed by atoms with Gasteiger partial charge in [-0.15, -0.1) is 0 Å². The maximum atomic E-state index is 5.32. The van der Waals surface area contributed by atoms with Gasteiger partial charge in [-0.2, -0.15) is 0 Å². The molecular formula is C14H12BrN3OS. The van der Waals surface area contributed by atoms with Crippen molar-refractivity contribution in [1.82, 2.24) is 9.97 Å². The van der Waals surface area contributed by atoms with Gasteiger partial charge in [0.2, 0.25) is 5.88 Å². The molecule has 6 heteroatoms. The van der Waals surface area contributed by atoms with Gasteiger partial charge in [0.1, 0.15) is 0 Å². The highest BCUT2D eigenvalue weighted by atomic mass is 79.9. The Morgan fingerprint density at radius 2 is 2.20 bits per heavy atom. The van der Waals surface area contributed by atoms with Gasteiger partial charge in [0.25, 0.3) is 0 Å². The van der Waals surface area contributed by atoms with E-state index in [4.69, 9.17) is 4.74 Å². The first-order chi connectivity index (χ1) is 9.74. The summed E-state index contributed by atoms with van der Waals surface area (Å²) in [6.45, 7) is 2.56. The Morgan fingerprint density at radius 1 is 1.30 bits per heavy atom. The van der Waals surface area contributed by atoms with Crippen LogP contribution in [0.5, 0.6) is 5.88 Å². The molecule has 3 rings (SSSR count). The summed E-state index contributed by atoms with van der Waals surface area (Å²) in [6, 6.07) is 9.83. The predicted molar refractivity (Wildman–Crippen MR) is 86.0 cm³/mol. The number of benzene rings is 1. The number of nitrogens with zero attached hydrogens (tertiary/aromatic N) is 2. The van der Waals surface area contributed by atoms with E-state index in [1.54, 1.807) is 17.5 Å². The van der Waals surface area contributed by atoms with Gasteiger partial charge in [-0.3, -0.25) is 0 Å². The first kappa shape index (κ1) is 13.3. The van der Waals surface area contributed by atoms with Gasteiger partial charge < -0.3 is 10.1 Å². The van der Waals surface area contributed by atoms with Crippen LogP contribution in [0.1, 0.15) is 6.92 Å². The molecule has 0 spiro atoms. The highest BCUT2D eigenvalue weighted by Crippen LogP contribution is 2.30. The summed E-state index contributed by atoms with van der Waals surface area (Å²) in [5.74, 6) is 0.631. The Labute approximate surface area is 129 Å². The number of rotatable bonds is 4. The standard InChI is InChI=1S/C14H12BrN3OS/c1-2-19-13-6-4-10(8-16-13)17-14-18-11-5-3-9(15)7-12(11)20-14/h3-8H,2H2,1H3,(H,17,18). The molecule has 1 N–H and O–H groups in total. The second kappa shape index (κ2) is 5.76. The fourth-order valence-corrected chi connectivity index (χ4v) is 3.20. The van der Waals surface area contributed by atoms with Crippen molar-refractivity contribution in [3.8, 4) is 5.88 Å².